The first-order chi connectivity index (χ1) is 14.5. The fourth-order valence-electron chi connectivity index (χ4n) is 4.51. The molecule has 8 heteroatoms. The highest BCUT2D eigenvalue weighted by molar-refractivity contribution is 6.31. The number of benzene rings is 1. The number of nitrogens with zero attached hydrogens (tertiary/aromatic N) is 3. The van der Waals surface area contributed by atoms with Crippen LogP contribution in [0, 0.1) is 5.82 Å². The maximum atomic E-state index is 14.8. The molecular formula is C22H28ClFN4O2. The smallest absolute Gasteiger partial charge is 0.318 e. The highest BCUT2D eigenvalue weighted by Gasteiger charge is 2.32. The maximum Gasteiger partial charge on any atom is 0.318 e. The normalized spacial score (nSPS) is 23.1. The molecule has 1 fully saturated rings. The number of nitrogens with one attached hydrogen (secondary N) is 1. The third-order valence-corrected chi connectivity index (χ3v) is 6.43. The molecule has 0 spiro atoms. The van der Waals surface area contributed by atoms with Crippen molar-refractivity contribution in [2.45, 2.75) is 38.6 Å². The zero-order valence-corrected chi connectivity index (χ0v) is 18.1. The molecular weight excluding hydrogens is 407 g/mol. The number of hydrogen-bond donors (Lipinski definition) is 1. The van der Waals surface area contributed by atoms with Crippen molar-refractivity contribution >= 4 is 17.6 Å². The summed E-state index contributed by atoms with van der Waals surface area (Å²) in [6, 6.07) is 8.23. The topological polar surface area (TPSA) is 49.7 Å². The van der Waals surface area contributed by atoms with E-state index in [1.54, 1.807) is 12.1 Å². The van der Waals surface area contributed by atoms with Crippen LogP contribution in [-0.4, -0.2) is 59.3 Å². The van der Waals surface area contributed by atoms with Crippen molar-refractivity contribution in [3.8, 4) is 0 Å². The van der Waals surface area contributed by atoms with Crippen LogP contribution in [0.4, 0.5) is 9.18 Å². The zero-order chi connectivity index (χ0) is 21.3. The summed E-state index contributed by atoms with van der Waals surface area (Å²) in [5.41, 5.74) is 1.54. The fraction of sp³-hybridized carbons (Fsp3) is 0.500. The summed E-state index contributed by atoms with van der Waals surface area (Å²) in [7, 11) is 0. The van der Waals surface area contributed by atoms with Crippen molar-refractivity contribution in [3.05, 3.63) is 58.6 Å². The van der Waals surface area contributed by atoms with Crippen LogP contribution < -0.4 is 5.32 Å². The molecule has 0 saturated carbocycles. The molecule has 1 N–H and O–H groups in total. The maximum absolute atomic E-state index is 14.8. The summed E-state index contributed by atoms with van der Waals surface area (Å²) in [5, 5.41) is 3.41. The molecule has 3 unspecified atom stereocenters. The summed E-state index contributed by atoms with van der Waals surface area (Å²) in [6.45, 7) is 7.57. The lowest BCUT2D eigenvalue weighted by molar-refractivity contribution is -0.0346. The van der Waals surface area contributed by atoms with Crippen molar-refractivity contribution < 1.29 is 13.9 Å². The van der Waals surface area contributed by atoms with Crippen molar-refractivity contribution in [1.29, 1.82) is 0 Å². The molecule has 0 bridgehead atoms. The molecule has 0 aliphatic carbocycles. The minimum Gasteiger partial charge on any atom is -0.376 e. The number of halogens is 2. The zero-order valence-electron chi connectivity index (χ0n) is 17.4. The number of hydrogen-bond acceptors (Lipinski definition) is 3. The highest BCUT2D eigenvalue weighted by Crippen LogP contribution is 2.31. The first-order valence-corrected chi connectivity index (χ1v) is 10.8. The van der Waals surface area contributed by atoms with Gasteiger partial charge in [-0.05, 0) is 38.1 Å². The first kappa shape index (κ1) is 21.2. The van der Waals surface area contributed by atoms with Gasteiger partial charge in [0.2, 0.25) is 0 Å². The van der Waals surface area contributed by atoms with Gasteiger partial charge in [0.25, 0.3) is 0 Å². The van der Waals surface area contributed by atoms with Crippen LogP contribution in [0.2, 0.25) is 5.02 Å². The standard InChI is InChI=1S/C22H28ClFN4O2/c1-15-14-27(11-12-30-15)20(21-17(23)5-3-6-18(21)24)13-25-22(29)28-10-9-26-8-4-7-19(26)16(28)2/h3-8,15-16,20H,9-14H2,1-2H3,(H,25,29). The van der Waals surface area contributed by atoms with E-state index in [1.165, 1.54) is 6.07 Å². The molecule has 2 aliphatic rings. The molecule has 3 heterocycles. The lowest BCUT2D eigenvalue weighted by atomic mass is 10.0. The second-order valence-corrected chi connectivity index (χ2v) is 8.42. The molecule has 2 amide bonds. The lowest BCUT2D eigenvalue weighted by Gasteiger charge is -2.39. The summed E-state index contributed by atoms with van der Waals surface area (Å²) in [6.07, 6.45) is 2.08. The number of amides is 2. The molecule has 1 saturated heterocycles. The lowest BCUT2D eigenvalue weighted by Crippen LogP contribution is -2.50. The van der Waals surface area contributed by atoms with E-state index in [1.807, 2.05) is 37.1 Å². The number of rotatable bonds is 4. The molecule has 6 nitrogen and oxygen atoms in total. The van der Waals surface area contributed by atoms with Gasteiger partial charge in [0.1, 0.15) is 5.82 Å². The van der Waals surface area contributed by atoms with E-state index in [9.17, 15) is 9.18 Å². The molecule has 1 aromatic heterocycles. The van der Waals surface area contributed by atoms with Crippen LogP contribution in [0.1, 0.15) is 37.2 Å². The van der Waals surface area contributed by atoms with Crippen LogP contribution in [-0.2, 0) is 11.3 Å². The number of fused-ring (bicyclic) bond motifs is 1. The fourth-order valence-corrected chi connectivity index (χ4v) is 4.80. The Labute approximate surface area is 181 Å². The third-order valence-electron chi connectivity index (χ3n) is 6.10. The number of aromatic nitrogens is 1. The van der Waals surface area contributed by atoms with Crippen molar-refractivity contribution in [2.24, 2.45) is 0 Å². The molecule has 4 rings (SSSR count). The molecule has 162 valence electrons. The molecule has 2 aromatic rings. The highest BCUT2D eigenvalue weighted by atomic mass is 35.5. The number of morpholine rings is 1. The average Bonchev–Trinajstić information content (AvgIpc) is 3.20. The predicted molar refractivity (Wildman–Crippen MR) is 114 cm³/mol. The van der Waals surface area contributed by atoms with Gasteiger partial charge in [-0.15, -0.1) is 0 Å². The Bertz CT molecular complexity index is 885. The van der Waals surface area contributed by atoms with Crippen LogP contribution in [0.25, 0.3) is 0 Å². The third kappa shape index (κ3) is 4.19. The van der Waals surface area contributed by atoms with E-state index < -0.39 is 0 Å². The van der Waals surface area contributed by atoms with E-state index in [2.05, 4.69) is 14.8 Å². The van der Waals surface area contributed by atoms with Gasteiger partial charge < -0.3 is 19.5 Å². The van der Waals surface area contributed by atoms with Gasteiger partial charge in [0.15, 0.2) is 0 Å². The van der Waals surface area contributed by atoms with Crippen LogP contribution in [0.5, 0.6) is 0 Å². The van der Waals surface area contributed by atoms with E-state index in [0.717, 1.165) is 12.2 Å². The van der Waals surface area contributed by atoms with Crippen molar-refractivity contribution in [3.63, 3.8) is 0 Å². The van der Waals surface area contributed by atoms with Gasteiger partial charge in [0.05, 0.1) is 24.8 Å². The van der Waals surface area contributed by atoms with E-state index in [0.29, 0.717) is 36.8 Å². The Morgan fingerprint density at radius 2 is 2.10 bits per heavy atom. The second kappa shape index (κ2) is 8.96. The van der Waals surface area contributed by atoms with Gasteiger partial charge >= 0.3 is 6.03 Å². The average molecular weight is 435 g/mol. The minimum atomic E-state index is -0.363. The second-order valence-electron chi connectivity index (χ2n) is 8.01. The van der Waals surface area contributed by atoms with Gasteiger partial charge in [0, 0.05) is 55.2 Å². The Balaban J connectivity index is 1.51. The SMILES string of the molecule is CC1CN(C(CNC(=O)N2CCn3cccc3C2C)c2c(F)cccc2Cl)CCO1. The summed E-state index contributed by atoms with van der Waals surface area (Å²) in [4.78, 5) is 17.0. The van der Waals surface area contributed by atoms with Crippen LogP contribution >= 0.6 is 11.6 Å². The van der Waals surface area contributed by atoms with Gasteiger partial charge in [-0.2, -0.15) is 0 Å². The van der Waals surface area contributed by atoms with E-state index in [4.69, 9.17) is 16.3 Å². The van der Waals surface area contributed by atoms with Crippen molar-refractivity contribution in [2.75, 3.05) is 32.8 Å². The number of urea groups is 1. The van der Waals surface area contributed by atoms with E-state index in [-0.39, 0.29) is 36.6 Å². The number of carbonyl (C=O) groups excluding carboxylic acids is 1. The monoisotopic (exact) mass is 434 g/mol. The molecule has 3 atom stereocenters. The molecule has 1 aromatic carbocycles. The van der Waals surface area contributed by atoms with Gasteiger partial charge in [-0.3, -0.25) is 4.90 Å². The summed E-state index contributed by atoms with van der Waals surface area (Å²) < 4.78 is 22.6. The van der Waals surface area contributed by atoms with Crippen LogP contribution in [0.15, 0.2) is 36.5 Å². The number of ether oxygens (including phenoxy) is 1. The Morgan fingerprint density at radius 1 is 1.27 bits per heavy atom. The summed E-state index contributed by atoms with van der Waals surface area (Å²) in [5.74, 6) is -0.356. The Morgan fingerprint density at radius 3 is 2.87 bits per heavy atom. The Hall–Kier alpha value is -2.09. The minimum absolute atomic E-state index is 0.0207. The summed E-state index contributed by atoms with van der Waals surface area (Å²) >= 11 is 6.39. The largest absolute Gasteiger partial charge is 0.376 e. The quantitative estimate of drug-likeness (QED) is 0.795. The van der Waals surface area contributed by atoms with Gasteiger partial charge in [-0.1, -0.05) is 17.7 Å². The Kier molecular flexibility index (Phi) is 6.32. The molecule has 2 aliphatic heterocycles. The van der Waals surface area contributed by atoms with Crippen LogP contribution in [0.3, 0.4) is 0 Å². The van der Waals surface area contributed by atoms with E-state index >= 15 is 0 Å². The number of carbonyl (C=O) groups is 1. The molecule has 30 heavy (non-hydrogen) atoms. The van der Waals surface area contributed by atoms with Crippen molar-refractivity contribution in [1.82, 2.24) is 19.7 Å². The predicted octanol–water partition coefficient (Wildman–Crippen LogP) is 3.83. The van der Waals surface area contributed by atoms with Gasteiger partial charge in [-0.25, -0.2) is 9.18 Å². The first-order valence-electron chi connectivity index (χ1n) is 10.4. The molecule has 0 radical (unpaired) electrons.